The highest BCUT2D eigenvalue weighted by molar-refractivity contribution is 5.94. The molecular weight excluding hydrogens is 338 g/mol. The molecule has 1 unspecified atom stereocenters. The number of likely N-dealkylation sites (tertiary alicyclic amines) is 1. The predicted octanol–water partition coefficient (Wildman–Crippen LogP) is 4.04. The normalized spacial score (nSPS) is 16.9. The number of amides is 2. The molecule has 1 heterocycles. The number of nitrogens with zero attached hydrogens (tertiary/aromatic N) is 1. The van der Waals surface area contributed by atoms with E-state index in [-0.39, 0.29) is 11.8 Å². The Morgan fingerprint density at radius 2 is 1.78 bits per heavy atom. The summed E-state index contributed by atoms with van der Waals surface area (Å²) in [5.41, 5.74) is 5.23. The molecule has 2 N–H and O–H groups in total. The zero-order valence-corrected chi connectivity index (χ0v) is 16.2. The Morgan fingerprint density at radius 1 is 1.04 bits per heavy atom. The van der Waals surface area contributed by atoms with E-state index in [1.165, 1.54) is 23.6 Å². The lowest BCUT2D eigenvalue weighted by Crippen LogP contribution is -2.33. The van der Waals surface area contributed by atoms with Crippen LogP contribution in [0.3, 0.4) is 0 Å². The fourth-order valence-corrected chi connectivity index (χ4v) is 3.63. The minimum absolute atomic E-state index is 0.0364. The third-order valence-electron chi connectivity index (χ3n) is 5.09. The van der Waals surface area contributed by atoms with Crippen molar-refractivity contribution in [3.63, 3.8) is 0 Å². The van der Waals surface area contributed by atoms with E-state index >= 15 is 0 Å². The highest BCUT2D eigenvalue weighted by Gasteiger charge is 2.27. The first-order chi connectivity index (χ1) is 12.9. The van der Waals surface area contributed by atoms with Gasteiger partial charge in [0.05, 0.1) is 6.54 Å². The molecule has 2 aromatic rings. The SMILES string of the molecule is CC(=O)Nc1cccc(NC(=O)CN2CCCC2c2ccc(C)c(C)c2)c1. The molecule has 1 aliphatic rings. The van der Waals surface area contributed by atoms with Crippen LogP contribution in [0, 0.1) is 13.8 Å². The van der Waals surface area contributed by atoms with Gasteiger partial charge >= 0.3 is 0 Å². The Hall–Kier alpha value is -2.66. The summed E-state index contributed by atoms with van der Waals surface area (Å²) in [7, 11) is 0. The zero-order valence-electron chi connectivity index (χ0n) is 16.2. The van der Waals surface area contributed by atoms with E-state index in [9.17, 15) is 9.59 Å². The third-order valence-corrected chi connectivity index (χ3v) is 5.09. The molecule has 1 atom stereocenters. The number of carbonyl (C=O) groups excluding carboxylic acids is 2. The van der Waals surface area contributed by atoms with E-state index in [1.807, 2.05) is 12.1 Å². The maximum atomic E-state index is 12.6. The molecule has 5 nitrogen and oxygen atoms in total. The number of carbonyl (C=O) groups is 2. The molecule has 0 bridgehead atoms. The minimum atomic E-state index is -0.133. The summed E-state index contributed by atoms with van der Waals surface area (Å²) in [6.45, 7) is 7.01. The van der Waals surface area contributed by atoms with Crippen LogP contribution in [-0.2, 0) is 9.59 Å². The standard InChI is InChI=1S/C22H27N3O2/c1-15-9-10-18(12-16(15)2)21-8-5-11-25(21)14-22(27)24-20-7-4-6-19(13-20)23-17(3)26/h4,6-7,9-10,12-13,21H,5,8,11,14H2,1-3H3,(H,23,26)(H,24,27). The lowest BCUT2D eigenvalue weighted by Gasteiger charge is -2.25. The van der Waals surface area contributed by atoms with Gasteiger partial charge in [0.1, 0.15) is 0 Å². The second-order valence-electron chi connectivity index (χ2n) is 7.28. The lowest BCUT2D eigenvalue weighted by molar-refractivity contribution is -0.117. The second-order valence-corrected chi connectivity index (χ2v) is 7.28. The number of rotatable bonds is 5. The average molecular weight is 365 g/mol. The number of anilines is 2. The molecule has 0 aliphatic carbocycles. The summed E-state index contributed by atoms with van der Waals surface area (Å²) in [4.78, 5) is 26.0. The van der Waals surface area contributed by atoms with Crippen molar-refractivity contribution in [3.8, 4) is 0 Å². The summed E-state index contributed by atoms with van der Waals surface area (Å²) < 4.78 is 0. The van der Waals surface area contributed by atoms with Crippen LogP contribution in [0.15, 0.2) is 42.5 Å². The molecule has 0 spiro atoms. The van der Waals surface area contributed by atoms with Gasteiger partial charge in [0.2, 0.25) is 11.8 Å². The van der Waals surface area contributed by atoms with Crippen LogP contribution in [0.5, 0.6) is 0 Å². The summed E-state index contributed by atoms with van der Waals surface area (Å²) >= 11 is 0. The van der Waals surface area contributed by atoms with Crippen LogP contribution < -0.4 is 10.6 Å². The highest BCUT2D eigenvalue weighted by atomic mass is 16.2. The number of nitrogens with one attached hydrogen (secondary N) is 2. The van der Waals surface area contributed by atoms with E-state index in [0.29, 0.717) is 24.0 Å². The fraction of sp³-hybridized carbons (Fsp3) is 0.364. The zero-order chi connectivity index (χ0) is 19.4. The molecule has 142 valence electrons. The Bertz CT molecular complexity index is 847. The maximum Gasteiger partial charge on any atom is 0.238 e. The molecule has 1 saturated heterocycles. The number of benzene rings is 2. The predicted molar refractivity (Wildman–Crippen MR) is 109 cm³/mol. The number of aryl methyl sites for hydroxylation is 2. The average Bonchev–Trinajstić information content (AvgIpc) is 3.05. The highest BCUT2D eigenvalue weighted by Crippen LogP contribution is 2.32. The topological polar surface area (TPSA) is 61.4 Å². The van der Waals surface area contributed by atoms with E-state index in [2.05, 4.69) is 47.6 Å². The largest absolute Gasteiger partial charge is 0.326 e. The van der Waals surface area contributed by atoms with Crippen molar-refractivity contribution >= 4 is 23.2 Å². The van der Waals surface area contributed by atoms with Crippen molar-refractivity contribution in [1.82, 2.24) is 4.90 Å². The molecule has 0 radical (unpaired) electrons. The number of hydrogen-bond acceptors (Lipinski definition) is 3. The Morgan fingerprint density at radius 3 is 2.48 bits per heavy atom. The summed E-state index contributed by atoms with van der Waals surface area (Å²) in [6, 6.07) is 14.1. The van der Waals surface area contributed by atoms with Gasteiger partial charge in [0.25, 0.3) is 0 Å². The van der Waals surface area contributed by atoms with Gasteiger partial charge in [-0.25, -0.2) is 0 Å². The van der Waals surface area contributed by atoms with Crippen molar-refractivity contribution in [3.05, 3.63) is 59.2 Å². The van der Waals surface area contributed by atoms with Crippen LogP contribution in [0.25, 0.3) is 0 Å². The Labute approximate surface area is 160 Å². The Kier molecular flexibility index (Phi) is 5.91. The lowest BCUT2D eigenvalue weighted by atomic mass is 9.99. The Balaban J connectivity index is 1.64. The number of hydrogen-bond donors (Lipinski definition) is 2. The van der Waals surface area contributed by atoms with Gasteiger partial charge in [0.15, 0.2) is 0 Å². The molecule has 3 rings (SSSR count). The van der Waals surface area contributed by atoms with Gasteiger partial charge in [0, 0.05) is 24.3 Å². The van der Waals surface area contributed by atoms with Crippen LogP contribution >= 0.6 is 0 Å². The quantitative estimate of drug-likeness (QED) is 0.841. The van der Waals surface area contributed by atoms with Crippen molar-refractivity contribution in [2.75, 3.05) is 23.7 Å². The van der Waals surface area contributed by atoms with E-state index in [0.717, 1.165) is 19.4 Å². The van der Waals surface area contributed by atoms with E-state index in [4.69, 9.17) is 0 Å². The van der Waals surface area contributed by atoms with Crippen LogP contribution in [0.2, 0.25) is 0 Å². The van der Waals surface area contributed by atoms with Crippen LogP contribution in [0.4, 0.5) is 11.4 Å². The molecular formula is C22H27N3O2. The molecule has 5 heteroatoms. The fourth-order valence-electron chi connectivity index (χ4n) is 3.63. The first-order valence-corrected chi connectivity index (χ1v) is 9.41. The molecule has 1 fully saturated rings. The summed E-state index contributed by atoms with van der Waals surface area (Å²) in [5, 5.41) is 5.67. The molecule has 2 amide bonds. The first-order valence-electron chi connectivity index (χ1n) is 9.41. The van der Waals surface area contributed by atoms with Crippen LogP contribution in [0.1, 0.15) is 42.5 Å². The maximum absolute atomic E-state index is 12.6. The smallest absolute Gasteiger partial charge is 0.238 e. The van der Waals surface area contributed by atoms with Crippen molar-refractivity contribution in [2.24, 2.45) is 0 Å². The van der Waals surface area contributed by atoms with E-state index < -0.39 is 0 Å². The first kappa shape index (κ1) is 19.1. The van der Waals surface area contributed by atoms with Gasteiger partial charge in [-0.3, -0.25) is 14.5 Å². The van der Waals surface area contributed by atoms with Crippen molar-refractivity contribution in [1.29, 1.82) is 0 Å². The molecule has 0 saturated carbocycles. The van der Waals surface area contributed by atoms with Crippen molar-refractivity contribution < 1.29 is 9.59 Å². The second kappa shape index (κ2) is 8.35. The van der Waals surface area contributed by atoms with Gasteiger partial charge < -0.3 is 10.6 Å². The molecule has 2 aromatic carbocycles. The van der Waals surface area contributed by atoms with Gasteiger partial charge in [-0.1, -0.05) is 24.3 Å². The van der Waals surface area contributed by atoms with Gasteiger partial charge in [-0.15, -0.1) is 0 Å². The van der Waals surface area contributed by atoms with Gasteiger partial charge in [-0.2, -0.15) is 0 Å². The van der Waals surface area contributed by atoms with Crippen LogP contribution in [-0.4, -0.2) is 29.8 Å². The molecule has 0 aromatic heterocycles. The molecule has 27 heavy (non-hydrogen) atoms. The summed E-state index contributed by atoms with van der Waals surface area (Å²) in [5.74, 6) is -0.169. The minimum Gasteiger partial charge on any atom is -0.326 e. The van der Waals surface area contributed by atoms with E-state index in [1.54, 1.807) is 12.1 Å². The van der Waals surface area contributed by atoms with Crippen molar-refractivity contribution in [2.45, 2.75) is 39.7 Å². The van der Waals surface area contributed by atoms with Gasteiger partial charge in [-0.05, 0) is 68.1 Å². The monoisotopic (exact) mass is 365 g/mol. The molecule has 1 aliphatic heterocycles. The summed E-state index contributed by atoms with van der Waals surface area (Å²) in [6.07, 6.45) is 2.18. The third kappa shape index (κ3) is 4.95.